The van der Waals surface area contributed by atoms with Gasteiger partial charge in [0.25, 0.3) is 5.91 Å². The van der Waals surface area contributed by atoms with Gasteiger partial charge in [-0.25, -0.2) is 0 Å². The molecular formula is C12H19NO2S. The van der Waals surface area contributed by atoms with Crippen LogP contribution < -0.4 is 5.32 Å². The third kappa shape index (κ3) is 4.33. The molecule has 1 aromatic heterocycles. The summed E-state index contributed by atoms with van der Waals surface area (Å²) in [5.74, 6) is 0.0143. The van der Waals surface area contributed by atoms with E-state index in [1.165, 1.54) is 11.3 Å². The zero-order valence-corrected chi connectivity index (χ0v) is 10.9. The Bertz CT molecular complexity index is 320. The summed E-state index contributed by atoms with van der Waals surface area (Å²) in [7, 11) is 1.69. The number of ether oxygens (including phenoxy) is 1. The third-order valence-corrected chi connectivity index (χ3v) is 3.32. The van der Waals surface area contributed by atoms with E-state index in [4.69, 9.17) is 4.74 Å². The molecule has 0 atom stereocenters. The quantitative estimate of drug-likeness (QED) is 0.831. The summed E-state index contributed by atoms with van der Waals surface area (Å²) in [6, 6.07) is 3.72. The van der Waals surface area contributed by atoms with Crippen LogP contribution in [0.2, 0.25) is 0 Å². The fourth-order valence-corrected chi connectivity index (χ4v) is 1.92. The summed E-state index contributed by atoms with van der Waals surface area (Å²) in [4.78, 5) is 12.5. The van der Waals surface area contributed by atoms with Crippen molar-refractivity contribution in [3.05, 3.63) is 22.4 Å². The summed E-state index contributed by atoms with van der Waals surface area (Å²) in [6.45, 7) is 5.65. The Morgan fingerprint density at radius 1 is 1.56 bits per heavy atom. The van der Waals surface area contributed by atoms with E-state index < -0.39 is 0 Å². The second kappa shape index (κ2) is 6.01. The molecule has 0 saturated heterocycles. The van der Waals surface area contributed by atoms with E-state index in [-0.39, 0.29) is 11.3 Å². The second-order valence-corrected chi connectivity index (χ2v) is 5.51. The van der Waals surface area contributed by atoms with Gasteiger partial charge in [-0.3, -0.25) is 4.79 Å². The highest BCUT2D eigenvalue weighted by molar-refractivity contribution is 7.12. The van der Waals surface area contributed by atoms with Gasteiger partial charge in [-0.15, -0.1) is 11.3 Å². The van der Waals surface area contributed by atoms with Crippen LogP contribution in [-0.2, 0) is 4.74 Å². The van der Waals surface area contributed by atoms with Crippen molar-refractivity contribution >= 4 is 17.2 Å². The largest absolute Gasteiger partial charge is 0.385 e. The predicted octanol–water partition coefficient (Wildman–Crippen LogP) is 2.54. The molecule has 0 radical (unpaired) electrons. The highest BCUT2D eigenvalue weighted by Crippen LogP contribution is 2.19. The third-order valence-electron chi connectivity index (χ3n) is 2.46. The molecule has 0 bridgehead atoms. The zero-order valence-electron chi connectivity index (χ0n) is 10.1. The van der Waals surface area contributed by atoms with Crippen LogP contribution in [0.25, 0.3) is 0 Å². The summed E-state index contributed by atoms with van der Waals surface area (Å²) in [6.07, 6.45) is 0.939. The Kier molecular flexibility index (Phi) is 4.96. The van der Waals surface area contributed by atoms with Crippen LogP contribution in [0.15, 0.2) is 17.5 Å². The van der Waals surface area contributed by atoms with Crippen LogP contribution >= 0.6 is 11.3 Å². The molecule has 0 unspecified atom stereocenters. The zero-order chi connectivity index (χ0) is 12.0. The first-order valence-electron chi connectivity index (χ1n) is 5.36. The van der Waals surface area contributed by atoms with E-state index in [1.54, 1.807) is 7.11 Å². The minimum atomic E-state index is 0.0143. The van der Waals surface area contributed by atoms with Crippen molar-refractivity contribution < 1.29 is 9.53 Å². The Morgan fingerprint density at radius 3 is 2.88 bits per heavy atom. The van der Waals surface area contributed by atoms with Crippen LogP contribution in [0.5, 0.6) is 0 Å². The lowest BCUT2D eigenvalue weighted by atomic mass is 9.90. The molecule has 0 spiro atoms. The molecule has 0 aliphatic heterocycles. The number of rotatable bonds is 6. The second-order valence-electron chi connectivity index (χ2n) is 4.57. The summed E-state index contributed by atoms with van der Waals surface area (Å²) in [5.41, 5.74) is 0.0724. The molecule has 16 heavy (non-hydrogen) atoms. The minimum Gasteiger partial charge on any atom is -0.385 e. The van der Waals surface area contributed by atoms with Gasteiger partial charge in [0, 0.05) is 20.3 Å². The number of hydrogen-bond acceptors (Lipinski definition) is 3. The van der Waals surface area contributed by atoms with E-state index in [2.05, 4.69) is 19.2 Å². The first kappa shape index (κ1) is 13.2. The Morgan fingerprint density at radius 2 is 2.31 bits per heavy atom. The first-order valence-corrected chi connectivity index (χ1v) is 6.24. The summed E-state index contributed by atoms with van der Waals surface area (Å²) < 4.78 is 5.05. The maximum atomic E-state index is 11.7. The van der Waals surface area contributed by atoms with Crippen molar-refractivity contribution in [1.82, 2.24) is 5.32 Å². The van der Waals surface area contributed by atoms with Gasteiger partial charge in [0.05, 0.1) is 4.88 Å². The van der Waals surface area contributed by atoms with Gasteiger partial charge >= 0.3 is 0 Å². The number of methoxy groups -OCH3 is 1. The topological polar surface area (TPSA) is 38.3 Å². The number of carbonyl (C=O) groups is 1. The number of carbonyl (C=O) groups excluding carboxylic acids is 1. The Labute approximate surface area is 101 Å². The van der Waals surface area contributed by atoms with Crippen molar-refractivity contribution in [2.75, 3.05) is 20.3 Å². The lowest BCUT2D eigenvalue weighted by Crippen LogP contribution is -2.34. The van der Waals surface area contributed by atoms with Crippen LogP contribution in [0.3, 0.4) is 0 Å². The molecule has 0 fully saturated rings. The van der Waals surface area contributed by atoms with Gasteiger partial charge in [-0.05, 0) is 23.3 Å². The molecule has 1 amide bonds. The summed E-state index contributed by atoms with van der Waals surface area (Å²) in [5, 5.41) is 4.86. The van der Waals surface area contributed by atoms with Gasteiger partial charge in [-0.1, -0.05) is 19.9 Å². The van der Waals surface area contributed by atoms with Gasteiger partial charge in [0.2, 0.25) is 0 Å². The lowest BCUT2D eigenvalue weighted by Gasteiger charge is -2.24. The van der Waals surface area contributed by atoms with Gasteiger partial charge < -0.3 is 10.1 Å². The Balaban J connectivity index is 2.36. The van der Waals surface area contributed by atoms with Gasteiger partial charge in [0.15, 0.2) is 0 Å². The molecule has 1 rings (SSSR count). The van der Waals surface area contributed by atoms with E-state index in [0.717, 1.165) is 17.9 Å². The normalized spacial score (nSPS) is 11.4. The molecule has 0 saturated carbocycles. The SMILES string of the molecule is COCCC(C)(C)CNC(=O)c1cccs1. The first-order chi connectivity index (χ1) is 7.55. The highest BCUT2D eigenvalue weighted by atomic mass is 32.1. The summed E-state index contributed by atoms with van der Waals surface area (Å²) >= 11 is 1.46. The Hall–Kier alpha value is -0.870. The maximum absolute atomic E-state index is 11.7. The number of hydrogen-bond donors (Lipinski definition) is 1. The molecular weight excluding hydrogens is 222 g/mol. The molecule has 1 aromatic rings. The molecule has 0 aromatic carbocycles. The van der Waals surface area contributed by atoms with E-state index in [0.29, 0.717) is 6.54 Å². The van der Waals surface area contributed by atoms with Crippen molar-refractivity contribution in [1.29, 1.82) is 0 Å². The fraction of sp³-hybridized carbons (Fsp3) is 0.583. The van der Waals surface area contributed by atoms with Crippen molar-refractivity contribution in [3.63, 3.8) is 0 Å². The van der Waals surface area contributed by atoms with Crippen molar-refractivity contribution in [2.45, 2.75) is 20.3 Å². The predicted molar refractivity (Wildman–Crippen MR) is 66.9 cm³/mol. The highest BCUT2D eigenvalue weighted by Gasteiger charge is 2.19. The molecule has 3 nitrogen and oxygen atoms in total. The molecule has 1 N–H and O–H groups in total. The smallest absolute Gasteiger partial charge is 0.261 e. The molecule has 1 heterocycles. The lowest BCUT2D eigenvalue weighted by molar-refractivity contribution is 0.0925. The molecule has 0 aliphatic rings. The monoisotopic (exact) mass is 241 g/mol. The number of amides is 1. The minimum absolute atomic E-state index is 0.0143. The molecule has 4 heteroatoms. The van der Waals surface area contributed by atoms with Crippen molar-refractivity contribution in [2.24, 2.45) is 5.41 Å². The van der Waals surface area contributed by atoms with Crippen LogP contribution in [0, 0.1) is 5.41 Å². The van der Waals surface area contributed by atoms with Gasteiger partial charge in [-0.2, -0.15) is 0 Å². The molecule has 90 valence electrons. The number of thiophene rings is 1. The standard InChI is InChI=1S/C12H19NO2S/c1-12(2,6-7-15-3)9-13-11(14)10-5-4-8-16-10/h4-5,8H,6-7,9H2,1-3H3,(H,13,14). The van der Waals surface area contributed by atoms with Crippen LogP contribution in [0.4, 0.5) is 0 Å². The number of nitrogens with one attached hydrogen (secondary N) is 1. The average Bonchev–Trinajstić information content (AvgIpc) is 2.77. The van der Waals surface area contributed by atoms with Gasteiger partial charge in [0.1, 0.15) is 0 Å². The van der Waals surface area contributed by atoms with Crippen LogP contribution in [-0.4, -0.2) is 26.2 Å². The van der Waals surface area contributed by atoms with Crippen LogP contribution in [0.1, 0.15) is 29.9 Å². The van der Waals surface area contributed by atoms with E-state index in [1.807, 2.05) is 17.5 Å². The fourth-order valence-electron chi connectivity index (χ4n) is 1.28. The maximum Gasteiger partial charge on any atom is 0.261 e. The van der Waals surface area contributed by atoms with E-state index in [9.17, 15) is 4.79 Å². The van der Waals surface area contributed by atoms with Crippen molar-refractivity contribution in [3.8, 4) is 0 Å². The van der Waals surface area contributed by atoms with E-state index >= 15 is 0 Å². The average molecular weight is 241 g/mol. The molecule has 0 aliphatic carbocycles.